The van der Waals surface area contributed by atoms with Gasteiger partial charge in [0, 0.05) is 23.1 Å². The zero-order valence-corrected chi connectivity index (χ0v) is 14.9. The van der Waals surface area contributed by atoms with Crippen molar-refractivity contribution in [3.05, 3.63) is 74.9 Å². The second kappa shape index (κ2) is 6.98. The topological polar surface area (TPSA) is 102 Å². The summed E-state index contributed by atoms with van der Waals surface area (Å²) in [6.45, 7) is 0. The Morgan fingerprint density at radius 1 is 1.10 bits per heavy atom. The Morgan fingerprint density at radius 2 is 1.83 bits per heavy atom. The van der Waals surface area contributed by atoms with Crippen LogP contribution in [0, 0.1) is 27.6 Å². The molecule has 8 nitrogen and oxygen atoms in total. The minimum Gasteiger partial charge on any atom is -0.289 e. The Bertz CT molecular complexity index is 1270. The normalized spacial score (nSPS) is 11.0. The van der Waals surface area contributed by atoms with Crippen LogP contribution in [0.25, 0.3) is 16.2 Å². The van der Waals surface area contributed by atoms with Crippen molar-refractivity contribution in [2.45, 2.75) is 0 Å². The molecule has 1 amide bonds. The molecule has 4 rings (SSSR count). The van der Waals surface area contributed by atoms with Crippen molar-refractivity contribution in [2.75, 3.05) is 5.32 Å². The monoisotopic (exact) mass is 419 g/mol. The van der Waals surface area contributed by atoms with E-state index < -0.39 is 33.8 Å². The smallest absolute Gasteiger partial charge is 0.269 e. The number of hydrogen-bond acceptors (Lipinski definition) is 6. The third-order valence-electron chi connectivity index (χ3n) is 3.96. The number of nitro groups is 1. The quantitative estimate of drug-likeness (QED) is 0.306. The van der Waals surface area contributed by atoms with Crippen LogP contribution in [0.15, 0.2) is 41.8 Å². The van der Waals surface area contributed by atoms with Crippen LogP contribution in [0.4, 0.5) is 24.8 Å². The number of carbonyl (C=O) groups is 1. The van der Waals surface area contributed by atoms with Crippen LogP contribution in [-0.2, 0) is 0 Å². The fraction of sp³-hybridized carbons (Fsp3) is 0. The maximum atomic E-state index is 13.8. The second-order valence-electron chi connectivity index (χ2n) is 5.73. The summed E-state index contributed by atoms with van der Waals surface area (Å²) in [4.78, 5) is 26.9. The fourth-order valence-corrected chi connectivity index (χ4v) is 3.39. The van der Waals surface area contributed by atoms with Gasteiger partial charge in [-0.2, -0.15) is 4.98 Å². The highest BCUT2D eigenvalue weighted by Gasteiger charge is 2.21. The third kappa shape index (κ3) is 3.29. The molecule has 2 aromatic carbocycles. The number of non-ortho nitro benzene ring substituents is 1. The average Bonchev–Trinajstić information content (AvgIpc) is 3.26. The fourth-order valence-electron chi connectivity index (χ4n) is 2.56. The lowest BCUT2D eigenvalue weighted by molar-refractivity contribution is -0.384. The summed E-state index contributed by atoms with van der Waals surface area (Å²) in [5, 5.41) is 18.8. The van der Waals surface area contributed by atoms with Gasteiger partial charge in [-0.25, -0.2) is 17.7 Å². The predicted molar refractivity (Wildman–Crippen MR) is 97.2 cm³/mol. The Morgan fingerprint density at radius 3 is 2.52 bits per heavy atom. The number of hydrogen-bond donors (Lipinski definition) is 1. The molecule has 146 valence electrons. The molecule has 0 fully saturated rings. The van der Waals surface area contributed by atoms with Crippen LogP contribution < -0.4 is 5.32 Å². The Kier molecular flexibility index (Phi) is 4.47. The third-order valence-corrected chi connectivity index (χ3v) is 4.78. The van der Waals surface area contributed by atoms with Crippen LogP contribution in [0.1, 0.15) is 10.4 Å². The van der Waals surface area contributed by atoms with Gasteiger partial charge in [0.05, 0.1) is 16.2 Å². The summed E-state index contributed by atoms with van der Waals surface area (Å²) in [5.41, 5.74) is 0.418. The molecule has 0 aliphatic heterocycles. The van der Waals surface area contributed by atoms with Crippen LogP contribution in [-0.4, -0.2) is 25.4 Å². The molecule has 0 spiro atoms. The first kappa shape index (κ1) is 18.6. The number of benzene rings is 2. The molecular weight excluding hydrogens is 411 g/mol. The first-order valence-electron chi connectivity index (χ1n) is 7.89. The average molecular weight is 419 g/mol. The number of nitrogens with zero attached hydrogens (tertiary/aromatic N) is 4. The molecule has 0 unspecified atom stereocenters. The van der Waals surface area contributed by atoms with Crippen molar-refractivity contribution in [1.82, 2.24) is 14.6 Å². The Balaban J connectivity index is 1.63. The van der Waals surface area contributed by atoms with E-state index >= 15 is 0 Å². The summed E-state index contributed by atoms with van der Waals surface area (Å²) in [6, 6.07) is 7.20. The van der Waals surface area contributed by atoms with Crippen LogP contribution in [0.5, 0.6) is 0 Å². The van der Waals surface area contributed by atoms with Crippen molar-refractivity contribution in [1.29, 1.82) is 0 Å². The highest BCUT2D eigenvalue weighted by atomic mass is 32.1. The minimum atomic E-state index is -1.75. The lowest BCUT2D eigenvalue weighted by atomic mass is 10.1. The van der Waals surface area contributed by atoms with E-state index in [1.165, 1.54) is 40.1 Å². The summed E-state index contributed by atoms with van der Waals surface area (Å²) in [5.74, 6) is -6.00. The number of amides is 1. The number of rotatable bonds is 4. The van der Waals surface area contributed by atoms with E-state index in [2.05, 4.69) is 15.4 Å². The van der Waals surface area contributed by atoms with E-state index in [-0.39, 0.29) is 11.6 Å². The van der Waals surface area contributed by atoms with Crippen LogP contribution in [0.2, 0.25) is 0 Å². The van der Waals surface area contributed by atoms with E-state index in [1.807, 2.05) is 0 Å². The van der Waals surface area contributed by atoms with Gasteiger partial charge in [-0.05, 0) is 24.3 Å². The molecule has 29 heavy (non-hydrogen) atoms. The second-order valence-corrected chi connectivity index (χ2v) is 6.57. The van der Waals surface area contributed by atoms with Gasteiger partial charge < -0.3 is 0 Å². The van der Waals surface area contributed by atoms with E-state index in [4.69, 9.17) is 0 Å². The number of aromatic nitrogens is 3. The maximum absolute atomic E-state index is 13.8. The van der Waals surface area contributed by atoms with E-state index in [9.17, 15) is 28.1 Å². The Labute approximate surface area is 163 Å². The van der Waals surface area contributed by atoms with Crippen molar-refractivity contribution < 1.29 is 22.9 Å². The van der Waals surface area contributed by atoms with Gasteiger partial charge in [0.15, 0.2) is 17.5 Å². The highest BCUT2D eigenvalue weighted by Crippen LogP contribution is 2.27. The lowest BCUT2D eigenvalue weighted by Gasteiger charge is -2.04. The van der Waals surface area contributed by atoms with Crippen molar-refractivity contribution in [3.63, 3.8) is 0 Å². The zero-order chi connectivity index (χ0) is 20.7. The predicted octanol–water partition coefficient (Wildman–Crippen LogP) is 4.04. The molecule has 0 aliphatic rings. The summed E-state index contributed by atoms with van der Waals surface area (Å²) < 4.78 is 41.5. The molecule has 2 heterocycles. The highest BCUT2D eigenvalue weighted by molar-refractivity contribution is 7.15. The molecule has 2 aromatic heterocycles. The van der Waals surface area contributed by atoms with Crippen LogP contribution in [0.3, 0.4) is 0 Å². The number of fused-ring (bicyclic) bond motifs is 1. The zero-order valence-electron chi connectivity index (χ0n) is 14.1. The number of nitrogens with one attached hydrogen (secondary N) is 1. The lowest BCUT2D eigenvalue weighted by Crippen LogP contribution is -2.16. The molecule has 0 saturated carbocycles. The van der Waals surface area contributed by atoms with Gasteiger partial charge in [-0.1, -0.05) is 0 Å². The first-order valence-corrected chi connectivity index (χ1v) is 8.77. The summed E-state index contributed by atoms with van der Waals surface area (Å²) in [7, 11) is 0. The molecule has 4 aromatic rings. The van der Waals surface area contributed by atoms with Crippen LogP contribution >= 0.6 is 11.3 Å². The molecular formula is C17H8F3N5O3S. The molecule has 0 radical (unpaired) electrons. The molecule has 0 bridgehead atoms. The van der Waals surface area contributed by atoms with E-state index in [0.29, 0.717) is 22.3 Å². The number of anilines is 1. The van der Waals surface area contributed by atoms with E-state index in [1.54, 1.807) is 5.38 Å². The Hall–Kier alpha value is -3.80. The van der Waals surface area contributed by atoms with Crippen molar-refractivity contribution in [2.24, 2.45) is 0 Å². The SMILES string of the molecule is O=C(Nc1nc2scc(-c3ccc([N+](=O)[O-])cc3)n2n1)c1ccc(F)c(F)c1F. The maximum Gasteiger partial charge on any atom is 0.269 e. The molecule has 0 saturated heterocycles. The van der Waals surface area contributed by atoms with Gasteiger partial charge in [0.1, 0.15) is 0 Å². The minimum absolute atomic E-state index is 0.0691. The molecule has 1 N–H and O–H groups in total. The number of nitro benzene ring substituents is 1. The summed E-state index contributed by atoms with van der Waals surface area (Å²) >= 11 is 1.19. The standard InChI is InChI=1S/C17H8F3N5O3S/c18-11-6-5-10(13(19)14(11)20)15(26)21-16-22-17-24(23-16)12(7-29-17)8-1-3-9(4-2-8)25(27)28/h1-7H,(H,21,23,26). The first-order chi connectivity index (χ1) is 13.8. The van der Waals surface area contributed by atoms with Gasteiger partial charge in [-0.3, -0.25) is 20.2 Å². The van der Waals surface area contributed by atoms with Gasteiger partial charge in [0.2, 0.25) is 4.96 Å². The number of halogens is 3. The number of carbonyl (C=O) groups excluding carboxylic acids is 1. The molecule has 12 heteroatoms. The number of thiazole rings is 1. The van der Waals surface area contributed by atoms with Crippen molar-refractivity contribution >= 4 is 33.8 Å². The van der Waals surface area contributed by atoms with Gasteiger partial charge >= 0.3 is 0 Å². The molecule has 0 atom stereocenters. The van der Waals surface area contributed by atoms with Crippen molar-refractivity contribution in [3.8, 4) is 11.3 Å². The molecule has 0 aliphatic carbocycles. The largest absolute Gasteiger partial charge is 0.289 e. The van der Waals surface area contributed by atoms with E-state index in [0.717, 1.165) is 6.07 Å². The van der Waals surface area contributed by atoms with Gasteiger partial charge in [-0.15, -0.1) is 16.4 Å². The summed E-state index contributed by atoms with van der Waals surface area (Å²) in [6.07, 6.45) is 0. The van der Waals surface area contributed by atoms with Gasteiger partial charge in [0.25, 0.3) is 17.5 Å².